The van der Waals surface area contributed by atoms with Gasteiger partial charge in [0, 0.05) is 25.0 Å². The molecule has 1 saturated heterocycles. The van der Waals surface area contributed by atoms with E-state index in [1.807, 2.05) is 6.07 Å². The molecule has 14 heavy (non-hydrogen) atoms. The third-order valence-electron chi connectivity index (χ3n) is 1.96. The number of nitrogens with one attached hydrogen (secondary N) is 2. The lowest BCUT2D eigenvalue weighted by Crippen LogP contribution is -2.23. The summed E-state index contributed by atoms with van der Waals surface area (Å²) in [6, 6.07) is 2.31. The number of rotatable bonds is 2. The van der Waals surface area contributed by atoms with Crippen LogP contribution in [0.3, 0.4) is 0 Å². The molecule has 0 aromatic carbocycles. The molecule has 0 aliphatic carbocycles. The molecular formula is C8H14Cl2N4. The fourth-order valence-electron chi connectivity index (χ4n) is 1.33. The van der Waals surface area contributed by atoms with E-state index in [1.165, 1.54) is 0 Å². The van der Waals surface area contributed by atoms with Crippen molar-refractivity contribution in [3.63, 3.8) is 0 Å². The third kappa shape index (κ3) is 3.65. The molecule has 1 aliphatic heterocycles. The van der Waals surface area contributed by atoms with Crippen molar-refractivity contribution in [2.75, 3.05) is 18.4 Å². The van der Waals surface area contributed by atoms with Gasteiger partial charge in [-0.3, -0.25) is 0 Å². The number of halogens is 2. The molecule has 2 rings (SSSR count). The van der Waals surface area contributed by atoms with Gasteiger partial charge in [-0.2, -0.15) is 0 Å². The molecule has 0 amide bonds. The Bertz CT molecular complexity index is 238. The second kappa shape index (κ2) is 6.81. The lowest BCUT2D eigenvalue weighted by molar-refractivity contribution is 0.780. The molecule has 1 atom stereocenters. The van der Waals surface area contributed by atoms with Gasteiger partial charge >= 0.3 is 0 Å². The van der Waals surface area contributed by atoms with Gasteiger partial charge in [0.2, 0.25) is 5.95 Å². The van der Waals surface area contributed by atoms with Gasteiger partial charge in [-0.1, -0.05) is 0 Å². The summed E-state index contributed by atoms with van der Waals surface area (Å²) in [6.07, 6.45) is 4.65. The summed E-state index contributed by atoms with van der Waals surface area (Å²) in [5.41, 5.74) is 0. The molecule has 1 aromatic heterocycles. The number of anilines is 1. The van der Waals surface area contributed by atoms with Gasteiger partial charge < -0.3 is 10.6 Å². The number of aromatic nitrogens is 2. The highest BCUT2D eigenvalue weighted by Gasteiger charge is 2.14. The van der Waals surface area contributed by atoms with E-state index in [4.69, 9.17) is 0 Å². The molecule has 4 nitrogen and oxygen atoms in total. The first kappa shape index (κ1) is 13.4. The van der Waals surface area contributed by atoms with Crippen molar-refractivity contribution in [1.29, 1.82) is 0 Å². The maximum absolute atomic E-state index is 4.09. The Morgan fingerprint density at radius 3 is 2.57 bits per heavy atom. The Morgan fingerprint density at radius 1 is 1.29 bits per heavy atom. The third-order valence-corrected chi connectivity index (χ3v) is 1.96. The first-order valence-electron chi connectivity index (χ1n) is 4.19. The summed E-state index contributed by atoms with van der Waals surface area (Å²) in [4.78, 5) is 8.18. The highest BCUT2D eigenvalue weighted by molar-refractivity contribution is 5.85. The van der Waals surface area contributed by atoms with Crippen molar-refractivity contribution in [2.45, 2.75) is 12.5 Å². The summed E-state index contributed by atoms with van der Waals surface area (Å²) < 4.78 is 0. The van der Waals surface area contributed by atoms with Gasteiger partial charge in [-0.05, 0) is 19.0 Å². The van der Waals surface area contributed by atoms with Crippen LogP contribution < -0.4 is 10.6 Å². The topological polar surface area (TPSA) is 49.8 Å². The van der Waals surface area contributed by atoms with Crippen LogP contribution in [0.5, 0.6) is 0 Å². The minimum atomic E-state index is 0. The summed E-state index contributed by atoms with van der Waals surface area (Å²) in [5, 5.41) is 6.53. The van der Waals surface area contributed by atoms with Crippen LogP contribution in [-0.4, -0.2) is 29.1 Å². The zero-order valence-electron chi connectivity index (χ0n) is 7.64. The van der Waals surface area contributed by atoms with Crippen molar-refractivity contribution >= 4 is 30.8 Å². The predicted octanol–water partition coefficient (Wildman–Crippen LogP) is 1.09. The average molecular weight is 237 g/mol. The highest BCUT2D eigenvalue weighted by atomic mass is 35.5. The molecule has 2 heterocycles. The summed E-state index contributed by atoms with van der Waals surface area (Å²) in [7, 11) is 0. The van der Waals surface area contributed by atoms with E-state index in [2.05, 4.69) is 20.6 Å². The molecule has 2 N–H and O–H groups in total. The molecule has 0 spiro atoms. The minimum absolute atomic E-state index is 0. The van der Waals surface area contributed by atoms with Gasteiger partial charge in [0.25, 0.3) is 0 Å². The molecule has 0 unspecified atom stereocenters. The maximum atomic E-state index is 4.09. The van der Waals surface area contributed by atoms with Gasteiger partial charge in [-0.15, -0.1) is 24.8 Å². The molecule has 6 heteroatoms. The summed E-state index contributed by atoms with van der Waals surface area (Å²) >= 11 is 0. The normalized spacial score (nSPS) is 19.3. The van der Waals surface area contributed by atoms with Crippen LogP contribution in [0.1, 0.15) is 6.42 Å². The Labute approximate surface area is 95.7 Å². The quantitative estimate of drug-likeness (QED) is 0.808. The standard InChI is InChI=1S/C8H12N4.2ClH/c1-3-10-8(11-4-1)12-7-2-5-9-6-7;;/h1,3-4,7,9H,2,5-6H2,(H,10,11,12);2*1H/t7-;;/m1../s1. The van der Waals surface area contributed by atoms with Crippen molar-refractivity contribution in [1.82, 2.24) is 15.3 Å². The van der Waals surface area contributed by atoms with E-state index >= 15 is 0 Å². The SMILES string of the molecule is Cl.Cl.c1cnc(N[C@@H]2CCNC2)nc1. The number of hydrogen-bond acceptors (Lipinski definition) is 4. The lowest BCUT2D eigenvalue weighted by atomic mass is 10.3. The second-order valence-electron chi connectivity index (χ2n) is 2.91. The van der Waals surface area contributed by atoms with Crippen LogP contribution in [0, 0.1) is 0 Å². The van der Waals surface area contributed by atoms with Crippen molar-refractivity contribution in [2.24, 2.45) is 0 Å². The van der Waals surface area contributed by atoms with Crippen LogP contribution in [0.15, 0.2) is 18.5 Å². The molecule has 1 aromatic rings. The van der Waals surface area contributed by atoms with Gasteiger partial charge in [0.1, 0.15) is 0 Å². The predicted molar refractivity (Wildman–Crippen MR) is 61.4 cm³/mol. The van der Waals surface area contributed by atoms with Gasteiger partial charge in [0.05, 0.1) is 0 Å². The van der Waals surface area contributed by atoms with E-state index in [9.17, 15) is 0 Å². The van der Waals surface area contributed by atoms with Gasteiger partial charge in [-0.25, -0.2) is 9.97 Å². The first-order valence-corrected chi connectivity index (χ1v) is 4.19. The molecule has 0 saturated carbocycles. The zero-order valence-corrected chi connectivity index (χ0v) is 9.27. The average Bonchev–Trinajstić information content (AvgIpc) is 2.59. The Morgan fingerprint density at radius 2 is 2.00 bits per heavy atom. The molecular weight excluding hydrogens is 223 g/mol. The van der Waals surface area contributed by atoms with Crippen LogP contribution in [-0.2, 0) is 0 Å². The van der Waals surface area contributed by atoms with Crippen LogP contribution in [0.4, 0.5) is 5.95 Å². The lowest BCUT2D eigenvalue weighted by Gasteiger charge is -2.09. The van der Waals surface area contributed by atoms with Crippen LogP contribution in [0.25, 0.3) is 0 Å². The highest BCUT2D eigenvalue weighted by Crippen LogP contribution is 2.04. The van der Waals surface area contributed by atoms with Crippen LogP contribution in [0.2, 0.25) is 0 Å². The molecule has 1 fully saturated rings. The second-order valence-corrected chi connectivity index (χ2v) is 2.91. The van der Waals surface area contributed by atoms with Crippen molar-refractivity contribution in [3.8, 4) is 0 Å². The largest absolute Gasteiger partial charge is 0.350 e. The Kier molecular flexibility index (Phi) is 6.53. The Balaban J connectivity index is 0.000000845. The fourth-order valence-corrected chi connectivity index (χ4v) is 1.33. The fraction of sp³-hybridized carbons (Fsp3) is 0.500. The van der Waals surface area contributed by atoms with Gasteiger partial charge in [0.15, 0.2) is 0 Å². The minimum Gasteiger partial charge on any atom is -0.350 e. The summed E-state index contributed by atoms with van der Waals surface area (Å²) in [6.45, 7) is 2.10. The number of nitrogens with zero attached hydrogens (tertiary/aromatic N) is 2. The van der Waals surface area contributed by atoms with E-state index in [0.717, 1.165) is 25.5 Å². The van der Waals surface area contributed by atoms with E-state index in [-0.39, 0.29) is 24.8 Å². The monoisotopic (exact) mass is 236 g/mol. The zero-order chi connectivity index (χ0) is 8.23. The number of hydrogen-bond donors (Lipinski definition) is 2. The maximum Gasteiger partial charge on any atom is 0.222 e. The van der Waals surface area contributed by atoms with Crippen molar-refractivity contribution < 1.29 is 0 Å². The first-order chi connectivity index (χ1) is 5.95. The van der Waals surface area contributed by atoms with Crippen molar-refractivity contribution in [3.05, 3.63) is 18.5 Å². The van der Waals surface area contributed by atoms with Crippen LogP contribution >= 0.6 is 24.8 Å². The van der Waals surface area contributed by atoms with E-state index < -0.39 is 0 Å². The molecule has 0 bridgehead atoms. The smallest absolute Gasteiger partial charge is 0.222 e. The van der Waals surface area contributed by atoms with E-state index in [1.54, 1.807) is 12.4 Å². The molecule has 1 aliphatic rings. The summed E-state index contributed by atoms with van der Waals surface area (Å²) in [5.74, 6) is 0.728. The molecule has 0 radical (unpaired) electrons. The molecule has 80 valence electrons. The van der Waals surface area contributed by atoms with E-state index in [0.29, 0.717) is 6.04 Å². The Hall–Kier alpha value is -0.580.